The van der Waals surface area contributed by atoms with Crippen molar-refractivity contribution in [3.05, 3.63) is 63.2 Å². The molecule has 1 aliphatic heterocycles. The molecule has 9 heteroatoms. The van der Waals surface area contributed by atoms with Gasteiger partial charge >= 0.3 is 0 Å². The van der Waals surface area contributed by atoms with Gasteiger partial charge in [-0.05, 0) is 30.3 Å². The predicted octanol–water partition coefficient (Wildman–Crippen LogP) is 2.85. The molecule has 1 amide bonds. The van der Waals surface area contributed by atoms with Crippen molar-refractivity contribution >= 4 is 28.9 Å². The lowest BCUT2D eigenvalue weighted by atomic mass is 10.2. The number of amides is 1. The fraction of sp³-hybridized carbons (Fsp3) is 0.263. The van der Waals surface area contributed by atoms with Crippen LogP contribution in [0.5, 0.6) is 5.75 Å². The third-order valence-electron chi connectivity index (χ3n) is 4.43. The Kier molecular flexibility index (Phi) is 5.96. The number of nitrogens with zero attached hydrogens (tertiary/aromatic N) is 4. The zero-order valence-electron chi connectivity index (χ0n) is 14.9. The van der Waals surface area contributed by atoms with Crippen LogP contribution in [0.3, 0.4) is 0 Å². The number of piperazine rings is 1. The van der Waals surface area contributed by atoms with E-state index >= 15 is 0 Å². The van der Waals surface area contributed by atoms with Gasteiger partial charge in [-0.3, -0.25) is 14.9 Å². The van der Waals surface area contributed by atoms with Crippen molar-refractivity contribution < 1.29 is 14.5 Å². The predicted molar refractivity (Wildman–Crippen MR) is 104 cm³/mol. The fourth-order valence-corrected chi connectivity index (χ4v) is 3.17. The average Bonchev–Trinajstić information content (AvgIpc) is 2.72. The average molecular weight is 401 g/mol. The Hall–Kier alpha value is -3.31. The topological polar surface area (TPSA) is 99.7 Å². The lowest BCUT2D eigenvalue weighted by molar-refractivity contribution is -0.384. The zero-order valence-corrected chi connectivity index (χ0v) is 15.6. The largest absolute Gasteiger partial charge is 0.484 e. The van der Waals surface area contributed by atoms with Crippen molar-refractivity contribution in [2.75, 3.05) is 37.7 Å². The molecule has 0 aromatic heterocycles. The first kappa shape index (κ1) is 19.5. The normalized spacial score (nSPS) is 13.7. The number of rotatable bonds is 5. The highest BCUT2D eigenvalue weighted by atomic mass is 35.5. The number of hydrogen-bond acceptors (Lipinski definition) is 6. The molecule has 144 valence electrons. The van der Waals surface area contributed by atoms with Crippen LogP contribution in [0.4, 0.5) is 11.4 Å². The maximum Gasteiger partial charge on any atom is 0.294 e. The summed E-state index contributed by atoms with van der Waals surface area (Å²) in [4.78, 5) is 26.7. The Morgan fingerprint density at radius 3 is 2.64 bits per heavy atom. The Balaban J connectivity index is 1.57. The van der Waals surface area contributed by atoms with Crippen LogP contribution in [0.2, 0.25) is 5.02 Å². The van der Waals surface area contributed by atoms with Gasteiger partial charge in [-0.25, -0.2) is 0 Å². The van der Waals surface area contributed by atoms with Gasteiger partial charge in [-0.1, -0.05) is 17.7 Å². The van der Waals surface area contributed by atoms with E-state index in [4.69, 9.17) is 21.6 Å². The Morgan fingerprint density at radius 2 is 1.96 bits per heavy atom. The number of hydrogen-bond donors (Lipinski definition) is 0. The van der Waals surface area contributed by atoms with E-state index < -0.39 is 4.92 Å². The van der Waals surface area contributed by atoms with Crippen LogP contribution < -0.4 is 9.64 Å². The number of benzene rings is 2. The summed E-state index contributed by atoms with van der Waals surface area (Å²) < 4.78 is 5.48. The van der Waals surface area contributed by atoms with Crippen molar-refractivity contribution in [2.45, 2.75) is 0 Å². The molecule has 0 N–H and O–H groups in total. The number of halogens is 1. The van der Waals surface area contributed by atoms with E-state index in [0.29, 0.717) is 48.2 Å². The van der Waals surface area contributed by atoms with Crippen molar-refractivity contribution in [3.8, 4) is 11.8 Å². The molecule has 1 heterocycles. The maximum atomic E-state index is 12.4. The summed E-state index contributed by atoms with van der Waals surface area (Å²) in [5.74, 6) is 0.287. The molecular formula is C19H17ClN4O4. The lowest BCUT2D eigenvalue weighted by Gasteiger charge is -2.35. The molecule has 3 rings (SSSR count). The number of ether oxygens (including phenoxy) is 1. The van der Waals surface area contributed by atoms with E-state index in [1.807, 2.05) is 11.0 Å². The molecule has 28 heavy (non-hydrogen) atoms. The molecule has 0 atom stereocenters. The summed E-state index contributed by atoms with van der Waals surface area (Å²) >= 11 is 5.86. The van der Waals surface area contributed by atoms with Crippen LogP contribution in [0.25, 0.3) is 0 Å². The van der Waals surface area contributed by atoms with Crippen LogP contribution in [-0.2, 0) is 4.79 Å². The minimum absolute atomic E-state index is 0.0482. The summed E-state index contributed by atoms with van der Waals surface area (Å²) in [6, 6.07) is 13.2. The van der Waals surface area contributed by atoms with Crippen molar-refractivity contribution in [1.82, 2.24) is 4.90 Å². The molecule has 1 fully saturated rings. The second-order valence-corrected chi connectivity index (χ2v) is 6.62. The summed E-state index contributed by atoms with van der Waals surface area (Å²) in [6.07, 6.45) is 0. The molecule has 2 aromatic carbocycles. The molecule has 0 unspecified atom stereocenters. The smallest absolute Gasteiger partial charge is 0.294 e. The van der Waals surface area contributed by atoms with Crippen LogP contribution in [0.15, 0.2) is 42.5 Å². The highest BCUT2D eigenvalue weighted by Crippen LogP contribution is 2.31. The molecule has 0 aliphatic carbocycles. The Bertz CT molecular complexity index is 936. The van der Waals surface area contributed by atoms with Gasteiger partial charge in [-0.2, -0.15) is 5.26 Å². The highest BCUT2D eigenvalue weighted by Gasteiger charge is 2.26. The fourth-order valence-electron chi connectivity index (χ4n) is 3.00. The summed E-state index contributed by atoms with van der Waals surface area (Å²) in [5.41, 5.74) is 0.905. The molecule has 0 saturated carbocycles. The van der Waals surface area contributed by atoms with E-state index in [1.54, 1.807) is 41.3 Å². The van der Waals surface area contributed by atoms with Gasteiger partial charge in [-0.15, -0.1) is 0 Å². The third kappa shape index (κ3) is 4.50. The van der Waals surface area contributed by atoms with Gasteiger partial charge in [0.05, 0.1) is 16.6 Å². The van der Waals surface area contributed by atoms with Crippen LogP contribution in [-0.4, -0.2) is 48.5 Å². The van der Waals surface area contributed by atoms with E-state index in [0.717, 1.165) is 0 Å². The Morgan fingerprint density at radius 1 is 1.21 bits per heavy atom. The number of anilines is 1. The standard InChI is InChI=1S/C19H17ClN4O4/c20-15-4-5-17(18(11-15)24(26)27)22-6-8-23(9-7-22)19(25)13-28-16-3-1-2-14(10-16)12-21/h1-5,10-11H,6-9,13H2. The van der Waals surface area contributed by atoms with Gasteiger partial charge in [0.2, 0.25) is 0 Å². The van der Waals surface area contributed by atoms with Gasteiger partial charge < -0.3 is 14.5 Å². The maximum absolute atomic E-state index is 12.4. The van der Waals surface area contributed by atoms with Gasteiger partial charge in [0.15, 0.2) is 6.61 Å². The number of carbonyl (C=O) groups is 1. The van der Waals surface area contributed by atoms with Crippen LogP contribution in [0, 0.1) is 21.4 Å². The Labute approximate surface area is 166 Å². The second-order valence-electron chi connectivity index (χ2n) is 6.19. The first-order valence-electron chi connectivity index (χ1n) is 8.57. The minimum atomic E-state index is -0.456. The van der Waals surface area contributed by atoms with E-state index in [9.17, 15) is 14.9 Å². The van der Waals surface area contributed by atoms with Crippen LogP contribution >= 0.6 is 11.6 Å². The summed E-state index contributed by atoms with van der Waals surface area (Å²) in [6.45, 7) is 1.67. The first-order valence-corrected chi connectivity index (χ1v) is 8.95. The second kappa shape index (κ2) is 8.59. The van der Waals surface area contributed by atoms with E-state index in [1.165, 1.54) is 6.07 Å². The molecule has 1 saturated heterocycles. The number of carbonyl (C=O) groups excluding carboxylic acids is 1. The molecular weight excluding hydrogens is 384 g/mol. The van der Waals surface area contributed by atoms with E-state index in [-0.39, 0.29) is 18.2 Å². The van der Waals surface area contributed by atoms with Crippen molar-refractivity contribution in [3.63, 3.8) is 0 Å². The van der Waals surface area contributed by atoms with Crippen molar-refractivity contribution in [2.24, 2.45) is 0 Å². The van der Waals surface area contributed by atoms with Gasteiger partial charge in [0.1, 0.15) is 11.4 Å². The molecule has 1 aliphatic rings. The summed E-state index contributed by atoms with van der Waals surface area (Å²) in [5, 5.41) is 20.5. The molecule has 2 aromatic rings. The highest BCUT2D eigenvalue weighted by molar-refractivity contribution is 6.30. The number of nitro groups is 1. The van der Waals surface area contributed by atoms with Gasteiger partial charge in [0.25, 0.3) is 11.6 Å². The molecule has 8 nitrogen and oxygen atoms in total. The molecule has 0 bridgehead atoms. The minimum Gasteiger partial charge on any atom is -0.484 e. The van der Waals surface area contributed by atoms with Crippen molar-refractivity contribution in [1.29, 1.82) is 5.26 Å². The zero-order chi connectivity index (χ0) is 20.1. The quantitative estimate of drug-likeness (QED) is 0.565. The monoisotopic (exact) mass is 400 g/mol. The van der Waals surface area contributed by atoms with Crippen LogP contribution in [0.1, 0.15) is 5.56 Å². The SMILES string of the molecule is N#Cc1cccc(OCC(=O)N2CCN(c3ccc(Cl)cc3[N+](=O)[O-])CC2)c1. The summed E-state index contributed by atoms with van der Waals surface area (Å²) in [7, 11) is 0. The van der Waals surface area contributed by atoms with Gasteiger partial charge in [0, 0.05) is 37.3 Å². The number of nitro benzene ring substituents is 1. The third-order valence-corrected chi connectivity index (χ3v) is 4.67. The number of nitriles is 1. The lowest BCUT2D eigenvalue weighted by Crippen LogP contribution is -2.50. The molecule has 0 radical (unpaired) electrons. The first-order chi connectivity index (χ1) is 13.5. The molecule has 0 spiro atoms. The van der Waals surface area contributed by atoms with E-state index in [2.05, 4.69) is 0 Å².